The zero-order valence-corrected chi connectivity index (χ0v) is 12.8. The molecule has 1 aromatic heterocycles. The van der Waals surface area contributed by atoms with E-state index in [0.717, 1.165) is 35.0 Å². The molecule has 1 aliphatic heterocycles. The highest BCUT2D eigenvalue weighted by molar-refractivity contribution is 9.10. The van der Waals surface area contributed by atoms with Gasteiger partial charge in [0.05, 0.1) is 13.7 Å². The van der Waals surface area contributed by atoms with Crippen molar-refractivity contribution in [2.24, 2.45) is 0 Å². The van der Waals surface area contributed by atoms with Crippen LogP contribution in [0.3, 0.4) is 0 Å². The van der Waals surface area contributed by atoms with Gasteiger partial charge < -0.3 is 14.4 Å². The molecular weight excluding hydrogens is 320 g/mol. The van der Waals surface area contributed by atoms with E-state index in [2.05, 4.69) is 37.9 Å². The van der Waals surface area contributed by atoms with Crippen LogP contribution in [0.15, 0.2) is 41.0 Å². The van der Waals surface area contributed by atoms with E-state index >= 15 is 0 Å². The number of anilines is 1. The van der Waals surface area contributed by atoms with Crippen LogP contribution < -0.4 is 14.4 Å². The first-order valence-corrected chi connectivity index (χ1v) is 7.23. The zero-order valence-electron chi connectivity index (χ0n) is 11.2. The standard InChI is InChI=1S/C15H15BrN2O2/c1-19-12-4-2-11(3-5-12)10-18-8-9-20-13-6-7-14(16)17-15(13)18/h2-7H,8-10H2,1H3. The van der Waals surface area contributed by atoms with Crippen LogP contribution in [0, 0.1) is 0 Å². The summed E-state index contributed by atoms with van der Waals surface area (Å²) in [4.78, 5) is 6.75. The Bertz CT molecular complexity index is 601. The van der Waals surface area contributed by atoms with Gasteiger partial charge in [0, 0.05) is 6.54 Å². The summed E-state index contributed by atoms with van der Waals surface area (Å²) in [5.74, 6) is 2.60. The van der Waals surface area contributed by atoms with Gasteiger partial charge in [0.15, 0.2) is 11.6 Å². The van der Waals surface area contributed by atoms with Crippen molar-refractivity contribution in [2.75, 3.05) is 25.2 Å². The molecule has 2 heterocycles. The van der Waals surface area contributed by atoms with Crippen LogP contribution in [0.4, 0.5) is 5.82 Å². The van der Waals surface area contributed by atoms with Crippen molar-refractivity contribution in [1.29, 1.82) is 0 Å². The second kappa shape index (κ2) is 5.71. The molecule has 0 saturated heterocycles. The molecule has 0 N–H and O–H groups in total. The van der Waals surface area contributed by atoms with Gasteiger partial charge in [-0.05, 0) is 45.8 Å². The first kappa shape index (κ1) is 13.2. The van der Waals surface area contributed by atoms with Crippen LogP contribution in [-0.2, 0) is 6.54 Å². The van der Waals surface area contributed by atoms with Gasteiger partial charge in [-0.25, -0.2) is 4.98 Å². The molecule has 20 heavy (non-hydrogen) atoms. The lowest BCUT2D eigenvalue weighted by Crippen LogP contribution is -2.33. The first-order chi connectivity index (χ1) is 9.76. The van der Waals surface area contributed by atoms with Gasteiger partial charge in [0.1, 0.15) is 17.0 Å². The van der Waals surface area contributed by atoms with Crippen molar-refractivity contribution < 1.29 is 9.47 Å². The van der Waals surface area contributed by atoms with Gasteiger partial charge in [-0.2, -0.15) is 0 Å². The van der Waals surface area contributed by atoms with Gasteiger partial charge >= 0.3 is 0 Å². The van der Waals surface area contributed by atoms with Crippen LogP contribution in [0.1, 0.15) is 5.56 Å². The number of hydrogen-bond acceptors (Lipinski definition) is 4. The Morgan fingerprint density at radius 3 is 2.80 bits per heavy atom. The van der Waals surface area contributed by atoms with Crippen molar-refractivity contribution in [3.05, 3.63) is 46.6 Å². The molecule has 1 aliphatic rings. The topological polar surface area (TPSA) is 34.6 Å². The normalized spacial score (nSPS) is 13.6. The third-order valence-corrected chi connectivity index (χ3v) is 3.70. The lowest BCUT2D eigenvalue weighted by Gasteiger charge is -2.30. The highest BCUT2D eigenvalue weighted by atomic mass is 79.9. The summed E-state index contributed by atoms with van der Waals surface area (Å²) in [7, 11) is 1.68. The number of methoxy groups -OCH3 is 1. The second-order valence-electron chi connectivity index (χ2n) is 4.57. The van der Waals surface area contributed by atoms with Crippen molar-refractivity contribution in [1.82, 2.24) is 4.98 Å². The SMILES string of the molecule is COc1ccc(CN2CCOc3ccc(Br)nc32)cc1. The van der Waals surface area contributed by atoms with Gasteiger partial charge in [0.25, 0.3) is 0 Å². The van der Waals surface area contributed by atoms with Gasteiger partial charge in [-0.3, -0.25) is 0 Å². The molecule has 1 aromatic carbocycles. The van der Waals surface area contributed by atoms with Gasteiger partial charge in [-0.15, -0.1) is 0 Å². The minimum Gasteiger partial charge on any atom is -0.497 e. The summed E-state index contributed by atoms with van der Waals surface area (Å²) < 4.78 is 11.6. The molecular formula is C15H15BrN2O2. The van der Waals surface area contributed by atoms with Crippen LogP contribution in [0.2, 0.25) is 0 Å². The summed E-state index contributed by atoms with van der Waals surface area (Å²) in [6, 6.07) is 12.0. The fourth-order valence-electron chi connectivity index (χ4n) is 2.23. The molecule has 0 radical (unpaired) electrons. The molecule has 0 atom stereocenters. The Labute approximate surface area is 126 Å². The molecule has 0 amide bonds. The average molecular weight is 335 g/mol. The summed E-state index contributed by atoms with van der Waals surface area (Å²) in [5.41, 5.74) is 1.22. The molecule has 104 valence electrons. The maximum Gasteiger partial charge on any atom is 0.172 e. The third-order valence-electron chi connectivity index (χ3n) is 3.26. The number of hydrogen-bond donors (Lipinski definition) is 0. The van der Waals surface area contributed by atoms with E-state index in [1.54, 1.807) is 7.11 Å². The molecule has 0 spiro atoms. The Morgan fingerprint density at radius 1 is 1.25 bits per heavy atom. The fourth-order valence-corrected chi connectivity index (χ4v) is 2.53. The summed E-state index contributed by atoms with van der Waals surface area (Å²) in [5, 5.41) is 0. The Hall–Kier alpha value is -1.75. The molecule has 2 aromatic rings. The quantitative estimate of drug-likeness (QED) is 0.807. The molecule has 5 heteroatoms. The number of rotatable bonds is 3. The van der Waals surface area contributed by atoms with Crippen LogP contribution in [0.25, 0.3) is 0 Å². The summed E-state index contributed by atoms with van der Waals surface area (Å²) >= 11 is 3.41. The molecule has 0 bridgehead atoms. The van der Waals surface area contributed by atoms with Crippen LogP contribution in [0.5, 0.6) is 11.5 Å². The van der Waals surface area contributed by atoms with Crippen molar-refractivity contribution in [3.63, 3.8) is 0 Å². The largest absolute Gasteiger partial charge is 0.497 e. The predicted octanol–water partition coefficient (Wildman–Crippen LogP) is 3.25. The monoisotopic (exact) mass is 334 g/mol. The molecule has 0 unspecified atom stereocenters. The number of aromatic nitrogens is 1. The summed E-state index contributed by atoms with van der Waals surface area (Å²) in [6.45, 7) is 2.33. The number of halogens is 1. The van der Waals surface area contributed by atoms with Crippen molar-refractivity contribution in [2.45, 2.75) is 6.54 Å². The number of pyridine rings is 1. The van der Waals surface area contributed by atoms with E-state index in [1.807, 2.05) is 24.3 Å². The van der Waals surface area contributed by atoms with Crippen molar-refractivity contribution in [3.8, 4) is 11.5 Å². The molecule has 3 rings (SSSR count). The maximum absolute atomic E-state index is 5.64. The molecule has 0 fully saturated rings. The van der Waals surface area contributed by atoms with Crippen LogP contribution in [-0.4, -0.2) is 25.2 Å². The Morgan fingerprint density at radius 2 is 2.05 bits per heavy atom. The van der Waals surface area contributed by atoms with Gasteiger partial charge in [-0.1, -0.05) is 12.1 Å². The third kappa shape index (κ3) is 2.72. The highest BCUT2D eigenvalue weighted by Gasteiger charge is 2.19. The first-order valence-electron chi connectivity index (χ1n) is 6.43. The summed E-state index contributed by atoms with van der Waals surface area (Å²) in [6.07, 6.45) is 0. The number of nitrogens with zero attached hydrogens (tertiary/aromatic N) is 2. The van der Waals surface area contributed by atoms with E-state index < -0.39 is 0 Å². The predicted molar refractivity (Wildman–Crippen MR) is 81.5 cm³/mol. The molecule has 4 nitrogen and oxygen atoms in total. The maximum atomic E-state index is 5.64. The number of fused-ring (bicyclic) bond motifs is 1. The van der Waals surface area contributed by atoms with E-state index in [0.29, 0.717) is 6.61 Å². The molecule has 0 aliphatic carbocycles. The zero-order chi connectivity index (χ0) is 13.9. The molecule has 0 saturated carbocycles. The van der Waals surface area contributed by atoms with E-state index in [9.17, 15) is 0 Å². The van der Waals surface area contributed by atoms with Crippen LogP contribution >= 0.6 is 15.9 Å². The second-order valence-corrected chi connectivity index (χ2v) is 5.39. The minimum atomic E-state index is 0.687. The Balaban J connectivity index is 1.83. The average Bonchev–Trinajstić information content (AvgIpc) is 2.49. The highest BCUT2D eigenvalue weighted by Crippen LogP contribution is 2.32. The number of benzene rings is 1. The Kier molecular flexibility index (Phi) is 3.78. The lowest BCUT2D eigenvalue weighted by atomic mass is 10.2. The van der Waals surface area contributed by atoms with Crippen molar-refractivity contribution >= 4 is 21.7 Å². The smallest absolute Gasteiger partial charge is 0.172 e. The van der Waals surface area contributed by atoms with E-state index in [1.165, 1.54) is 5.56 Å². The van der Waals surface area contributed by atoms with E-state index in [4.69, 9.17) is 9.47 Å². The number of ether oxygens (including phenoxy) is 2. The minimum absolute atomic E-state index is 0.687. The van der Waals surface area contributed by atoms with Gasteiger partial charge in [0.2, 0.25) is 0 Å². The lowest BCUT2D eigenvalue weighted by molar-refractivity contribution is 0.304. The van der Waals surface area contributed by atoms with E-state index in [-0.39, 0.29) is 0 Å². The fraction of sp³-hybridized carbons (Fsp3) is 0.267.